The molecule has 0 spiro atoms. The summed E-state index contributed by atoms with van der Waals surface area (Å²) in [7, 11) is 1.41. The molecule has 4 aliphatic carbocycles. The van der Waals surface area contributed by atoms with Crippen molar-refractivity contribution >= 4 is 17.7 Å². The standard InChI is InChI=1S/C24H32O7/c1-22-7-4-15-18(14(22)5-8-24(22,29)9-6-17(26)27)13(21(28)30-3)10-12-11-16(25)19-20(31-19)23(12,15)2/h11,13-15,18-20,29H,4-10H2,1-3H3,(H,26,27)/t13-,14+,15+,18+,19?,20?,22+,23+,24-/m1/s1. The minimum absolute atomic E-state index is 0.00380. The molecule has 2 unspecified atom stereocenters. The van der Waals surface area contributed by atoms with Crippen LogP contribution in [0.3, 0.4) is 0 Å². The number of ketones is 1. The Hall–Kier alpha value is -1.73. The maximum absolute atomic E-state index is 12.9. The quantitative estimate of drug-likeness (QED) is 0.518. The van der Waals surface area contributed by atoms with Gasteiger partial charge in [-0.15, -0.1) is 0 Å². The van der Waals surface area contributed by atoms with Gasteiger partial charge >= 0.3 is 11.9 Å². The topological polar surface area (TPSA) is 113 Å². The maximum atomic E-state index is 12.9. The molecule has 9 atom stereocenters. The normalized spacial score (nSPS) is 49.8. The number of epoxide rings is 1. The molecule has 1 heterocycles. The van der Waals surface area contributed by atoms with Crippen molar-refractivity contribution in [2.24, 2.45) is 34.5 Å². The number of carbonyl (C=O) groups is 3. The van der Waals surface area contributed by atoms with Gasteiger partial charge in [-0.2, -0.15) is 0 Å². The van der Waals surface area contributed by atoms with E-state index in [1.54, 1.807) is 6.08 Å². The largest absolute Gasteiger partial charge is 0.481 e. The molecule has 0 amide bonds. The number of carboxylic acid groups (broad SMARTS) is 1. The molecule has 4 fully saturated rings. The Labute approximate surface area is 182 Å². The summed E-state index contributed by atoms with van der Waals surface area (Å²) in [4.78, 5) is 36.5. The highest BCUT2D eigenvalue weighted by Crippen LogP contribution is 2.70. The van der Waals surface area contributed by atoms with Gasteiger partial charge in [-0.05, 0) is 67.8 Å². The lowest BCUT2D eigenvalue weighted by Gasteiger charge is -2.60. The summed E-state index contributed by atoms with van der Waals surface area (Å²) in [5, 5.41) is 20.8. The summed E-state index contributed by atoms with van der Waals surface area (Å²) in [6.45, 7) is 4.28. The van der Waals surface area contributed by atoms with Gasteiger partial charge in [0.25, 0.3) is 0 Å². The van der Waals surface area contributed by atoms with Gasteiger partial charge in [-0.1, -0.05) is 19.4 Å². The van der Waals surface area contributed by atoms with Crippen LogP contribution in [-0.4, -0.2) is 52.9 Å². The molecule has 1 saturated heterocycles. The molecule has 3 saturated carbocycles. The van der Waals surface area contributed by atoms with E-state index in [0.29, 0.717) is 12.8 Å². The lowest BCUT2D eigenvalue weighted by molar-refractivity contribution is -0.169. The highest BCUT2D eigenvalue weighted by atomic mass is 16.6. The summed E-state index contributed by atoms with van der Waals surface area (Å²) in [6.07, 6.45) is 4.82. The molecule has 0 aromatic carbocycles. The van der Waals surface area contributed by atoms with Crippen molar-refractivity contribution in [2.45, 2.75) is 76.6 Å². The van der Waals surface area contributed by atoms with E-state index in [9.17, 15) is 24.6 Å². The molecule has 7 heteroatoms. The number of esters is 1. The number of ether oxygens (including phenoxy) is 2. The van der Waals surface area contributed by atoms with Crippen LogP contribution in [0.2, 0.25) is 0 Å². The lowest BCUT2D eigenvalue weighted by atomic mass is 9.44. The average molecular weight is 433 g/mol. The van der Waals surface area contributed by atoms with Crippen molar-refractivity contribution in [3.63, 3.8) is 0 Å². The molecule has 31 heavy (non-hydrogen) atoms. The number of aliphatic hydroxyl groups is 1. The van der Waals surface area contributed by atoms with Gasteiger partial charge in [-0.3, -0.25) is 14.4 Å². The Morgan fingerprint density at radius 1 is 1.23 bits per heavy atom. The van der Waals surface area contributed by atoms with Crippen LogP contribution in [-0.2, 0) is 23.9 Å². The minimum atomic E-state index is -1.04. The Morgan fingerprint density at radius 2 is 1.94 bits per heavy atom. The van der Waals surface area contributed by atoms with Gasteiger partial charge in [0.2, 0.25) is 0 Å². The van der Waals surface area contributed by atoms with Gasteiger partial charge in [0, 0.05) is 11.8 Å². The Balaban J connectivity index is 1.55. The zero-order chi connectivity index (χ0) is 22.3. The van der Waals surface area contributed by atoms with Gasteiger partial charge in [0.1, 0.15) is 12.2 Å². The number of carboxylic acids is 1. The predicted octanol–water partition coefficient (Wildman–Crippen LogP) is 2.50. The first-order chi connectivity index (χ1) is 14.6. The second kappa shape index (κ2) is 6.64. The van der Waals surface area contributed by atoms with Crippen LogP contribution in [0.5, 0.6) is 0 Å². The molecule has 0 aromatic heterocycles. The zero-order valence-corrected chi connectivity index (χ0v) is 18.4. The third-order valence-corrected chi connectivity index (χ3v) is 9.96. The van der Waals surface area contributed by atoms with E-state index in [1.807, 2.05) is 0 Å². The van der Waals surface area contributed by atoms with E-state index in [4.69, 9.17) is 9.47 Å². The average Bonchev–Trinajstić information content (AvgIpc) is 3.49. The Bertz CT molecular complexity index is 879. The van der Waals surface area contributed by atoms with E-state index in [1.165, 1.54) is 7.11 Å². The van der Waals surface area contributed by atoms with Gasteiger partial charge in [-0.25, -0.2) is 0 Å². The monoisotopic (exact) mass is 432 g/mol. The molecule has 5 aliphatic rings. The Kier molecular flexibility index (Phi) is 4.53. The number of aliphatic carboxylic acids is 1. The van der Waals surface area contributed by atoms with Gasteiger partial charge < -0.3 is 19.7 Å². The molecule has 0 bridgehead atoms. The lowest BCUT2D eigenvalue weighted by Crippen LogP contribution is -2.59. The second-order valence-electron chi connectivity index (χ2n) is 10.9. The smallest absolute Gasteiger partial charge is 0.309 e. The van der Waals surface area contributed by atoms with Crippen LogP contribution in [0.1, 0.15) is 58.8 Å². The molecule has 2 N–H and O–H groups in total. The number of carbonyl (C=O) groups excluding carboxylic acids is 2. The first-order valence-electron chi connectivity index (χ1n) is 11.5. The van der Waals surface area contributed by atoms with Crippen LogP contribution < -0.4 is 0 Å². The van der Waals surface area contributed by atoms with Crippen LogP contribution in [0, 0.1) is 34.5 Å². The fourth-order valence-electron chi connectivity index (χ4n) is 8.16. The van der Waals surface area contributed by atoms with E-state index in [2.05, 4.69) is 13.8 Å². The van der Waals surface area contributed by atoms with Crippen LogP contribution in [0.4, 0.5) is 0 Å². The molecule has 0 radical (unpaired) electrons. The fourth-order valence-corrected chi connectivity index (χ4v) is 8.16. The van der Waals surface area contributed by atoms with Crippen molar-refractivity contribution < 1.29 is 34.1 Å². The second-order valence-corrected chi connectivity index (χ2v) is 10.9. The Morgan fingerprint density at radius 3 is 2.61 bits per heavy atom. The van der Waals surface area contributed by atoms with Crippen LogP contribution >= 0.6 is 0 Å². The van der Waals surface area contributed by atoms with E-state index in [0.717, 1.165) is 24.8 Å². The number of fused-ring (bicyclic) bond motifs is 7. The summed E-state index contributed by atoms with van der Waals surface area (Å²) < 4.78 is 11.0. The SMILES string of the molecule is COC(=O)[C@@H]1CC2=CC(=O)C3OC3[C@]2(C)[C@H]2CC[C@@]3(C)[C@@H](CC[C@@]3(O)CCC(=O)O)[C@H]12. The summed E-state index contributed by atoms with van der Waals surface area (Å²) in [5.41, 5.74) is -0.756. The van der Waals surface area contributed by atoms with E-state index < -0.39 is 17.0 Å². The zero-order valence-electron chi connectivity index (χ0n) is 18.4. The summed E-state index contributed by atoms with van der Waals surface area (Å²) >= 11 is 0. The van der Waals surface area contributed by atoms with E-state index >= 15 is 0 Å². The first-order valence-corrected chi connectivity index (χ1v) is 11.5. The molecule has 7 nitrogen and oxygen atoms in total. The molecular weight excluding hydrogens is 400 g/mol. The number of rotatable bonds is 4. The third kappa shape index (κ3) is 2.68. The van der Waals surface area contributed by atoms with Crippen molar-refractivity contribution in [3.05, 3.63) is 11.6 Å². The maximum Gasteiger partial charge on any atom is 0.309 e. The van der Waals surface area contributed by atoms with Crippen molar-refractivity contribution in [3.8, 4) is 0 Å². The molecule has 0 aromatic rings. The predicted molar refractivity (Wildman–Crippen MR) is 109 cm³/mol. The number of methoxy groups -OCH3 is 1. The number of hydrogen-bond acceptors (Lipinski definition) is 6. The summed E-state index contributed by atoms with van der Waals surface area (Å²) in [6, 6.07) is 0. The minimum Gasteiger partial charge on any atom is -0.481 e. The van der Waals surface area contributed by atoms with Crippen LogP contribution in [0.25, 0.3) is 0 Å². The van der Waals surface area contributed by atoms with Crippen molar-refractivity contribution in [1.29, 1.82) is 0 Å². The van der Waals surface area contributed by atoms with Gasteiger partial charge in [0.15, 0.2) is 5.78 Å². The third-order valence-electron chi connectivity index (χ3n) is 9.96. The first kappa shape index (κ1) is 21.1. The summed E-state index contributed by atoms with van der Waals surface area (Å²) in [5.74, 6) is -1.22. The van der Waals surface area contributed by atoms with Crippen LogP contribution in [0.15, 0.2) is 11.6 Å². The molecule has 5 rings (SSSR count). The molecule has 1 aliphatic heterocycles. The molecular formula is C24H32O7. The van der Waals surface area contributed by atoms with E-state index in [-0.39, 0.29) is 65.9 Å². The molecule has 170 valence electrons. The van der Waals surface area contributed by atoms with Gasteiger partial charge in [0.05, 0.1) is 18.6 Å². The van der Waals surface area contributed by atoms with Crippen molar-refractivity contribution in [1.82, 2.24) is 0 Å². The highest BCUT2D eigenvalue weighted by Gasteiger charge is 2.71. The van der Waals surface area contributed by atoms with Crippen molar-refractivity contribution in [2.75, 3.05) is 7.11 Å². The highest BCUT2D eigenvalue weighted by molar-refractivity contribution is 5.98. The number of hydrogen-bond donors (Lipinski definition) is 2. The fraction of sp³-hybridized carbons (Fsp3) is 0.792.